The van der Waals surface area contributed by atoms with Gasteiger partial charge in [0.05, 0.1) is 0 Å². The van der Waals surface area contributed by atoms with Crippen LogP contribution in [0.4, 0.5) is 17.1 Å². The summed E-state index contributed by atoms with van der Waals surface area (Å²) in [6, 6.07) is 17.0. The Morgan fingerprint density at radius 1 is 0.833 bits per heavy atom. The second kappa shape index (κ2) is 8.72. The van der Waals surface area contributed by atoms with E-state index in [0.717, 1.165) is 17.8 Å². The molecule has 0 saturated heterocycles. The first-order valence-electron chi connectivity index (χ1n) is 8.06. The lowest BCUT2D eigenvalue weighted by atomic mass is 10.1. The summed E-state index contributed by atoms with van der Waals surface area (Å²) < 4.78 is 0. The molecule has 3 N–H and O–H groups in total. The summed E-state index contributed by atoms with van der Waals surface area (Å²) in [7, 11) is 0. The van der Waals surface area contributed by atoms with Crippen LogP contribution in [0.25, 0.3) is 0 Å². The molecule has 24 heavy (non-hydrogen) atoms. The SMILES string of the molecule is CC(C)CCNC(=O)C(=O)Nc1ccc(Nc2ccccc2)cc1. The van der Waals surface area contributed by atoms with Crippen molar-refractivity contribution in [2.45, 2.75) is 20.3 Å². The van der Waals surface area contributed by atoms with E-state index in [2.05, 4.69) is 29.8 Å². The number of nitrogens with one attached hydrogen (secondary N) is 3. The number of amides is 2. The summed E-state index contributed by atoms with van der Waals surface area (Å²) in [5.74, 6) is -0.775. The molecule has 0 spiro atoms. The lowest BCUT2D eigenvalue weighted by Gasteiger charge is -2.09. The molecule has 5 heteroatoms. The fourth-order valence-electron chi connectivity index (χ4n) is 2.07. The first-order valence-corrected chi connectivity index (χ1v) is 8.06. The second-order valence-electron chi connectivity index (χ2n) is 5.96. The third-order valence-corrected chi connectivity index (χ3v) is 3.42. The van der Waals surface area contributed by atoms with E-state index in [9.17, 15) is 9.59 Å². The van der Waals surface area contributed by atoms with Crippen molar-refractivity contribution in [3.63, 3.8) is 0 Å². The highest BCUT2D eigenvalue weighted by molar-refractivity contribution is 6.39. The largest absolute Gasteiger partial charge is 0.356 e. The second-order valence-corrected chi connectivity index (χ2v) is 5.96. The van der Waals surface area contributed by atoms with Crippen LogP contribution in [-0.4, -0.2) is 18.4 Å². The molecule has 2 aromatic carbocycles. The van der Waals surface area contributed by atoms with E-state index < -0.39 is 11.8 Å². The van der Waals surface area contributed by atoms with E-state index in [4.69, 9.17) is 0 Å². The number of rotatable bonds is 6. The Labute approximate surface area is 142 Å². The number of hydrogen-bond acceptors (Lipinski definition) is 3. The average molecular weight is 325 g/mol. The molecule has 0 heterocycles. The Kier molecular flexibility index (Phi) is 6.37. The molecular formula is C19H23N3O2. The minimum absolute atomic E-state index is 0.484. The summed E-state index contributed by atoms with van der Waals surface area (Å²) in [5, 5.41) is 8.46. The molecule has 0 atom stereocenters. The predicted octanol–water partition coefficient (Wildman–Crippen LogP) is 3.53. The number of hydrogen-bond donors (Lipinski definition) is 3. The topological polar surface area (TPSA) is 70.2 Å². The van der Waals surface area contributed by atoms with Crippen LogP contribution in [0.3, 0.4) is 0 Å². The molecule has 0 aliphatic rings. The van der Waals surface area contributed by atoms with Crippen LogP contribution < -0.4 is 16.0 Å². The van der Waals surface area contributed by atoms with Crippen LogP contribution in [0.2, 0.25) is 0 Å². The zero-order valence-corrected chi connectivity index (χ0v) is 14.0. The fourth-order valence-corrected chi connectivity index (χ4v) is 2.07. The van der Waals surface area contributed by atoms with Gasteiger partial charge in [0.1, 0.15) is 0 Å². The van der Waals surface area contributed by atoms with E-state index in [0.29, 0.717) is 18.2 Å². The van der Waals surface area contributed by atoms with E-state index in [1.165, 1.54) is 0 Å². The van der Waals surface area contributed by atoms with Crippen molar-refractivity contribution >= 4 is 28.9 Å². The zero-order valence-electron chi connectivity index (χ0n) is 14.0. The molecule has 2 rings (SSSR count). The van der Waals surface area contributed by atoms with Crippen molar-refractivity contribution in [2.24, 2.45) is 5.92 Å². The van der Waals surface area contributed by atoms with Crippen LogP contribution in [0.15, 0.2) is 54.6 Å². The number of benzene rings is 2. The van der Waals surface area contributed by atoms with Crippen molar-refractivity contribution in [1.82, 2.24) is 5.32 Å². The molecule has 0 aliphatic heterocycles. The van der Waals surface area contributed by atoms with Gasteiger partial charge < -0.3 is 16.0 Å². The maximum Gasteiger partial charge on any atom is 0.313 e. The minimum atomic E-state index is -0.650. The molecular weight excluding hydrogens is 302 g/mol. The van der Waals surface area contributed by atoms with Gasteiger partial charge in [0.25, 0.3) is 0 Å². The van der Waals surface area contributed by atoms with Gasteiger partial charge in [-0.25, -0.2) is 0 Å². The highest BCUT2D eigenvalue weighted by Crippen LogP contribution is 2.18. The summed E-state index contributed by atoms with van der Waals surface area (Å²) >= 11 is 0. The zero-order chi connectivity index (χ0) is 17.4. The number of anilines is 3. The third-order valence-electron chi connectivity index (χ3n) is 3.42. The van der Waals surface area contributed by atoms with Crippen molar-refractivity contribution < 1.29 is 9.59 Å². The Hall–Kier alpha value is -2.82. The lowest BCUT2D eigenvalue weighted by molar-refractivity contribution is -0.136. The van der Waals surface area contributed by atoms with E-state index in [1.54, 1.807) is 12.1 Å². The van der Waals surface area contributed by atoms with Crippen molar-refractivity contribution in [3.05, 3.63) is 54.6 Å². The Morgan fingerprint density at radius 2 is 1.42 bits per heavy atom. The molecule has 0 fully saturated rings. The van der Waals surface area contributed by atoms with Gasteiger partial charge in [0.15, 0.2) is 0 Å². The van der Waals surface area contributed by atoms with E-state index in [1.807, 2.05) is 42.5 Å². The average Bonchev–Trinajstić information content (AvgIpc) is 2.57. The highest BCUT2D eigenvalue weighted by atomic mass is 16.2. The molecule has 0 aromatic heterocycles. The maximum absolute atomic E-state index is 11.8. The quantitative estimate of drug-likeness (QED) is 0.712. The molecule has 126 valence electrons. The van der Waals surface area contributed by atoms with Crippen LogP contribution in [0, 0.1) is 5.92 Å². The van der Waals surface area contributed by atoms with E-state index >= 15 is 0 Å². The van der Waals surface area contributed by atoms with E-state index in [-0.39, 0.29) is 0 Å². The first kappa shape index (κ1) is 17.5. The summed E-state index contributed by atoms with van der Waals surface area (Å²) in [5.41, 5.74) is 2.47. The van der Waals surface area contributed by atoms with Crippen LogP contribution in [0.5, 0.6) is 0 Å². The van der Waals surface area contributed by atoms with Gasteiger partial charge in [-0.2, -0.15) is 0 Å². The lowest BCUT2D eigenvalue weighted by Crippen LogP contribution is -2.36. The molecule has 5 nitrogen and oxygen atoms in total. The molecule has 0 aliphatic carbocycles. The van der Waals surface area contributed by atoms with Gasteiger partial charge in [-0.05, 0) is 48.7 Å². The molecule has 0 unspecified atom stereocenters. The fraction of sp³-hybridized carbons (Fsp3) is 0.263. The van der Waals surface area contributed by atoms with Gasteiger partial charge in [0.2, 0.25) is 0 Å². The standard InChI is InChI=1S/C19H23N3O2/c1-14(2)12-13-20-18(23)19(24)22-17-10-8-16(9-11-17)21-15-6-4-3-5-7-15/h3-11,14,21H,12-13H2,1-2H3,(H,20,23)(H,22,24). The summed E-state index contributed by atoms with van der Waals surface area (Å²) in [4.78, 5) is 23.5. The number of carbonyl (C=O) groups excluding carboxylic acids is 2. The Morgan fingerprint density at radius 3 is 2.04 bits per heavy atom. The van der Waals surface area contributed by atoms with Crippen LogP contribution in [0.1, 0.15) is 20.3 Å². The molecule has 0 bridgehead atoms. The molecule has 0 saturated carbocycles. The molecule has 2 amide bonds. The number of para-hydroxylation sites is 1. The monoisotopic (exact) mass is 325 g/mol. The smallest absolute Gasteiger partial charge is 0.313 e. The third kappa shape index (κ3) is 5.76. The molecule has 2 aromatic rings. The maximum atomic E-state index is 11.8. The highest BCUT2D eigenvalue weighted by Gasteiger charge is 2.13. The first-order chi connectivity index (χ1) is 11.5. The van der Waals surface area contributed by atoms with Crippen molar-refractivity contribution in [3.8, 4) is 0 Å². The van der Waals surface area contributed by atoms with Crippen LogP contribution >= 0.6 is 0 Å². The Balaban J connectivity index is 1.84. The summed E-state index contributed by atoms with van der Waals surface area (Å²) in [6.45, 7) is 4.64. The van der Waals surface area contributed by atoms with Gasteiger partial charge in [-0.1, -0.05) is 32.0 Å². The number of carbonyl (C=O) groups is 2. The van der Waals surface area contributed by atoms with Crippen molar-refractivity contribution in [2.75, 3.05) is 17.2 Å². The summed E-state index contributed by atoms with van der Waals surface area (Å²) in [6.07, 6.45) is 0.846. The minimum Gasteiger partial charge on any atom is -0.356 e. The van der Waals surface area contributed by atoms with Gasteiger partial charge >= 0.3 is 11.8 Å². The normalized spacial score (nSPS) is 10.3. The molecule has 0 radical (unpaired) electrons. The van der Waals surface area contributed by atoms with Gasteiger partial charge in [0, 0.05) is 23.6 Å². The predicted molar refractivity (Wildman–Crippen MR) is 97.3 cm³/mol. The van der Waals surface area contributed by atoms with Gasteiger partial charge in [-0.15, -0.1) is 0 Å². The van der Waals surface area contributed by atoms with Gasteiger partial charge in [-0.3, -0.25) is 9.59 Å². The van der Waals surface area contributed by atoms with Crippen molar-refractivity contribution in [1.29, 1.82) is 0 Å². The van der Waals surface area contributed by atoms with Crippen LogP contribution in [-0.2, 0) is 9.59 Å². The Bertz CT molecular complexity index is 667.